The van der Waals surface area contributed by atoms with Crippen LogP contribution in [-0.2, 0) is 5.41 Å². The van der Waals surface area contributed by atoms with Gasteiger partial charge in [-0.1, -0.05) is 35.3 Å². The molecule has 272 valence electrons. The minimum atomic E-state index is -2.45. The van der Waals surface area contributed by atoms with Crippen LogP contribution in [0.25, 0.3) is 44.8 Å². The van der Waals surface area contributed by atoms with E-state index >= 15 is 8.78 Å². The Labute approximate surface area is 301 Å². The topological polar surface area (TPSA) is 25.8 Å². The van der Waals surface area contributed by atoms with Crippen LogP contribution in [0, 0.1) is 69.8 Å². The lowest BCUT2D eigenvalue weighted by Gasteiger charge is -2.25. The molecule has 0 fully saturated rings. The van der Waals surface area contributed by atoms with E-state index in [0.717, 1.165) is 24.3 Å². The van der Waals surface area contributed by atoms with Gasteiger partial charge in [-0.05, 0) is 62.4 Å². The highest BCUT2D eigenvalue weighted by atomic mass is 35.5. The van der Waals surface area contributed by atoms with Crippen LogP contribution in [0.5, 0.6) is 0 Å². The molecule has 16 heteroatoms. The molecular weight excluding hydrogens is 771 g/mol. The molecule has 0 spiro atoms. The Balaban J connectivity index is 1.44. The second kappa shape index (κ2) is 13.7. The van der Waals surface area contributed by atoms with Crippen molar-refractivity contribution < 1.29 is 52.7 Å². The molecule has 0 aliphatic heterocycles. The summed E-state index contributed by atoms with van der Waals surface area (Å²) < 4.78 is 174. The molecule has 2 nitrogen and oxygen atoms in total. The van der Waals surface area contributed by atoms with Gasteiger partial charge in [-0.2, -0.15) is 0 Å². The summed E-state index contributed by atoms with van der Waals surface area (Å²) >= 11 is 12.0. The van der Waals surface area contributed by atoms with Crippen molar-refractivity contribution in [1.82, 2.24) is 9.97 Å². The van der Waals surface area contributed by atoms with Crippen molar-refractivity contribution in [2.24, 2.45) is 0 Å². The summed E-state index contributed by atoms with van der Waals surface area (Å²) in [4.78, 5) is 8.89. The van der Waals surface area contributed by atoms with Crippen molar-refractivity contribution in [1.29, 1.82) is 0 Å². The molecule has 0 saturated carbocycles. The molecule has 6 rings (SSSR count). The number of pyridine rings is 2. The van der Waals surface area contributed by atoms with E-state index in [1.807, 2.05) is 0 Å². The zero-order valence-electron chi connectivity index (χ0n) is 26.5. The molecule has 0 aliphatic rings. The van der Waals surface area contributed by atoms with Crippen LogP contribution < -0.4 is 0 Å². The van der Waals surface area contributed by atoms with Crippen molar-refractivity contribution in [2.45, 2.75) is 19.3 Å². The van der Waals surface area contributed by atoms with Gasteiger partial charge in [0.25, 0.3) is 0 Å². The first-order valence-electron chi connectivity index (χ1n) is 14.8. The largest absolute Gasteiger partial charge is 0.252 e. The van der Waals surface area contributed by atoms with Crippen molar-refractivity contribution in [3.8, 4) is 44.8 Å². The summed E-state index contributed by atoms with van der Waals surface area (Å²) in [5.41, 5.74) is -7.61. The van der Waals surface area contributed by atoms with Crippen LogP contribution in [0.15, 0.2) is 60.7 Å². The minimum absolute atomic E-state index is 0.158. The van der Waals surface area contributed by atoms with E-state index in [-0.39, 0.29) is 22.8 Å². The maximum atomic E-state index is 16.0. The molecule has 53 heavy (non-hydrogen) atoms. The third kappa shape index (κ3) is 6.07. The fourth-order valence-electron chi connectivity index (χ4n) is 5.60. The zero-order valence-corrected chi connectivity index (χ0v) is 28.0. The highest BCUT2D eigenvalue weighted by molar-refractivity contribution is 6.34. The summed E-state index contributed by atoms with van der Waals surface area (Å²) in [6.45, 7) is 3.17. The first-order chi connectivity index (χ1) is 24.9. The van der Waals surface area contributed by atoms with E-state index in [0.29, 0.717) is 0 Å². The van der Waals surface area contributed by atoms with Gasteiger partial charge in [-0.3, -0.25) is 9.97 Å². The summed E-state index contributed by atoms with van der Waals surface area (Å²) in [5, 5.41) is -1.35. The van der Waals surface area contributed by atoms with E-state index in [4.69, 9.17) is 23.2 Å². The Morgan fingerprint density at radius 2 is 0.679 bits per heavy atom. The van der Waals surface area contributed by atoms with Crippen molar-refractivity contribution in [2.75, 3.05) is 0 Å². The summed E-state index contributed by atoms with van der Waals surface area (Å²) in [7, 11) is 0. The SMILES string of the molecule is CC(C)(c1cccc(-c2ccc(Cl)c(-c3c(F)c(F)c(F)c(F)c3F)c2F)n1)c1cccc(-c2ccc(Cl)c(-c3c(F)c(F)c(F)c(F)c3F)c2F)n1. The van der Waals surface area contributed by atoms with Gasteiger partial charge >= 0.3 is 0 Å². The number of halogens is 14. The summed E-state index contributed by atoms with van der Waals surface area (Å²) in [6, 6.07) is 12.4. The summed E-state index contributed by atoms with van der Waals surface area (Å²) in [5.74, 6) is -26.4. The number of benzene rings is 4. The molecule has 2 aromatic heterocycles. The van der Waals surface area contributed by atoms with Crippen LogP contribution in [0.4, 0.5) is 52.7 Å². The summed E-state index contributed by atoms with van der Waals surface area (Å²) in [6.07, 6.45) is 0. The predicted octanol–water partition coefficient (Wildman–Crippen LogP) is 12.4. The lowest BCUT2D eigenvalue weighted by molar-refractivity contribution is 0.381. The average molecular weight is 787 g/mol. The van der Waals surface area contributed by atoms with E-state index < -0.39 is 119 Å². The Hall–Kier alpha value is -5.08. The Morgan fingerprint density at radius 1 is 0.377 bits per heavy atom. The van der Waals surface area contributed by atoms with Gasteiger partial charge in [-0.25, -0.2) is 52.7 Å². The number of hydrogen-bond acceptors (Lipinski definition) is 2. The van der Waals surface area contributed by atoms with Gasteiger partial charge in [-0.15, -0.1) is 0 Å². The molecule has 0 amide bonds. The lowest BCUT2D eigenvalue weighted by atomic mass is 9.84. The standard InChI is InChI=1S/C37H16Cl2F12N2/c1-37(2,19-7-3-5-17(52-19)13-9-11-15(38)21(25(13)40)23-27(42)31(46)35(50)32(47)28(23)43)20-8-4-6-18(53-20)14-10-12-16(39)22(26(14)41)24-29(44)33(48)36(51)34(49)30(24)45/h3-12H,1-2H3. The molecule has 0 bridgehead atoms. The van der Waals surface area contributed by atoms with Gasteiger partial charge in [0.1, 0.15) is 11.6 Å². The number of nitrogens with zero attached hydrogens (tertiary/aromatic N) is 2. The first-order valence-corrected chi connectivity index (χ1v) is 15.6. The normalized spacial score (nSPS) is 11.8. The van der Waals surface area contributed by atoms with Gasteiger partial charge in [0, 0.05) is 27.7 Å². The van der Waals surface area contributed by atoms with Gasteiger partial charge in [0.2, 0.25) is 11.6 Å². The van der Waals surface area contributed by atoms with Gasteiger partial charge in [0.05, 0.1) is 43.9 Å². The molecule has 0 saturated heterocycles. The van der Waals surface area contributed by atoms with Crippen LogP contribution >= 0.6 is 23.2 Å². The predicted molar refractivity (Wildman–Crippen MR) is 172 cm³/mol. The van der Waals surface area contributed by atoms with Gasteiger partial charge < -0.3 is 0 Å². The third-order valence-electron chi connectivity index (χ3n) is 8.43. The molecule has 2 heterocycles. The number of aromatic nitrogens is 2. The molecule has 0 unspecified atom stereocenters. The van der Waals surface area contributed by atoms with E-state index in [9.17, 15) is 43.9 Å². The van der Waals surface area contributed by atoms with Crippen LogP contribution in [0.2, 0.25) is 10.0 Å². The maximum absolute atomic E-state index is 16.0. The van der Waals surface area contributed by atoms with E-state index in [1.165, 1.54) is 36.4 Å². The zero-order chi connectivity index (χ0) is 38.8. The molecule has 0 atom stereocenters. The Morgan fingerprint density at radius 3 is 1.00 bits per heavy atom. The maximum Gasteiger partial charge on any atom is 0.200 e. The van der Waals surface area contributed by atoms with E-state index in [1.54, 1.807) is 13.8 Å². The number of hydrogen-bond donors (Lipinski definition) is 0. The lowest BCUT2D eigenvalue weighted by Crippen LogP contribution is -2.22. The molecule has 0 radical (unpaired) electrons. The second-order valence-corrected chi connectivity index (χ2v) is 12.7. The molecule has 0 N–H and O–H groups in total. The Kier molecular flexibility index (Phi) is 9.75. The van der Waals surface area contributed by atoms with Crippen LogP contribution in [-0.4, -0.2) is 9.97 Å². The van der Waals surface area contributed by atoms with Crippen LogP contribution in [0.3, 0.4) is 0 Å². The molecule has 0 aliphatic carbocycles. The highest BCUT2D eigenvalue weighted by Gasteiger charge is 2.33. The monoisotopic (exact) mass is 786 g/mol. The quantitative estimate of drug-likeness (QED) is 0.0955. The highest BCUT2D eigenvalue weighted by Crippen LogP contribution is 2.43. The van der Waals surface area contributed by atoms with Crippen molar-refractivity contribution in [3.05, 3.63) is 152 Å². The molecule has 6 aromatic rings. The smallest absolute Gasteiger partial charge is 0.200 e. The Bertz CT molecular complexity index is 2280. The van der Waals surface area contributed by atoms with E-state index in [2.05, 4.69) is 9.97 Å². The molecular formula is C37H16Cl2F12N2. The fourth-order valence-corrected chi connectivity index (χ4v) is 6.09. The molecule has 4 aromatic carbocycles. The fraction of sp³-hybridized carbons (Fsp3) is 0.0811. The minimum Gasteiger partial charge on any atom is -0.252 e. The third-order valence-corrected chi connectivity index (χ3v) is 9.06. The van der Waals surface area contributed by atoms with Crippen molar-refractivity contribution >= 4 is 23.2 Å². The second-order valence-electron chi connectivity index (χ2n) is 11.9. The first kappa shape index (κ1) is 37.7. The van der Waals surface area contributed by atoms with Crippen molar-refractivity contribution in [3.63, 3.8) is 0 Å². The number of rotatable bonds is 6. The van der Waals surface area contributed by atoms with Gasteiger partial charge in [0.15, 0.2) is 46.5 Å². The average Bonchev–Trinajstić information content (AvgIpc) is 3.14. The van der Waals surface area contributed by atoms with Crippen LogP contribution in [0.1, 0.15) is 25.2 Å².